The van der Waals surface area contributed by atoms with Crippen LogP contribution in [0.3, 0.4) is 0 Å². The summed E-state index contributed by atoms with van der Waals surface area (Å²) in [6, 6.07) is 2.72. The zero-order valence-electron chi connectivity index (χ0n) is 8.97. The van der Waals surface area contributed by atoms with E-state index in [0.717, 1.165) is 0 Å². The van der Waals surface area contributed by atoms with Crippen LogP contribution in [0.5, 0.6) is 5.75 Å². The lowest BCUT2D eigenvalue weighted by Gasteiger charge is -2.08. The van der Waals surface area contributed by atoms with E-state index in [1.165, 1.54) is 19.2 Å². The van der Waals surface area contributed by atoms with Gasteiger partial charge in [-0.2, -0.15) is 0 Å². The van der Waals surface area contributed by atoms with Crippen molar-refractivity contribution >= 4 is 27.6 Å². The van der Waals surface area contributed by atoms with Gasteiger partial charge in [-0.25, -0.2) is 0 Å². The van der Waals surface area contributed by atoms with Gasteiger partial charge in [-0.05, 0) is 6.07 Å². The number of carboxylic acid groups (broad SMARTS) is 1. The summed E-state index contributed by atoms with van der Waals surface area (Å²) >= 11 is 3.21. The second kappa shape index (κ2) is 5.62. The third-order valence-electron chi connectivity index (χ3n) is 2.16. The summed E-state index contributed by atoms with van der Waals surface area (Å²) in [6.45, 7) is 0. The number of carbonyl (C=O) groups is 1. The first kappa shape index (κ1) is 13.4. The van der Waals surface area contributed by atoms with Crippen LogP contribution in [0.2, 0.25) is 0 Å². The molecule has 92 valence electrons. The number of rotatable bonds is 5. The van der Waals surface area contributed by atoms with E-state index in [9.17, 15) is 14.9 Å². The third-order valence-corrected chi connectivity index (χ3v) is 2.77. The van der Waals surface area contributed by atoms with Gasteiger partial charge >= 0.3 is 5.97 Å². The number of alkyl halides is 1. The maximum absolute atomic E-state index is 10.8. The van der Waals surface area contributed by atoms with E-state index in [1.807, 2.05) is 0 Å². The van der Waals surface area contributed by atoms with E-state index in [1.54, 1.807) is 0 Å². The highest BCUT2D eigenvalue weighted by atomic mass is 79.9. The molecule has 0 aromatic heterocycles. The first-order valence-corrected chi connectivity index (χ1v) is 5.73. The van der Waals surface area contributed by atoms with Gasteiger partial charge in [-0.15, -0.1) is 0 Å². The molecule has 0 aliphatic carbocycles. The molecule has 0 aliphatic heterocycles. The molecule has 0 radical (unpaired) electrons. The van der Waals surface area contributed by atoms with E-state index in [0.29, 0.717) is 16.6 Å². The summed E-state index contributed by atoms with van der Waals surface area (Å²) in [4.78, 5) is 20.8. The molecular weight excluding hydrogens is 294 g/mol. The summed E-state index contributed by atoms with van der Waals surface area (Å²) in [5.74, 6) is -0.749. The summed E-state index contributed by atoms with van der Waals surface area (Å²) in [7, 11) is 1.40. The maximum Gasteiger partial charge on any atom is 0.308 e. The molecule has 0 saturated heterocycles. The normalized spacial score (nSPS) is 10.0. The van der Waals surface area contributed by atoms with Gasteiger partial charge in [0.25, 0.3) is 5.69 Å². The van der Waals surface area contributed by atoms with Crippen LogP contribution in [-0.2, 0) is 16.5 Å². The van der Waals surface area contributed by atoms with E-state index in [-0.39, 0.29) is 17.7 Å². The van der Waals surface area contributed by atoms with Crippen molar-refractivity contribution in [1.29, 1.82) is 0 Å². The molecule has 1 aromatic carbocycles. The molecule has 17 heavy (non-hydrogen) atoms. The Hall–Kier alpha value is -1.63. The smallest absolute Gasteiger partial charge is 0.308 e. The summed E-state index contributed by atoms with van der Waals surface area (Å²) in [6.07, 6.45) is -0.389. The van der Waals surface area contributed by atoms with Crippen LogP contribution in [0.1, 0.15) is 11.1 Å². The monoisotopic (exact) mass is 303 g/mol. The second-order valence-corrected chi connectivity index (χ2v) is 3.81. The number of aliphatic carboxylic acids is 1. The fraction of sp³-hybridized carbons (Fsp3) is 0.300. The first-order valence-electron chi connectivity index (χ1n) is 4.61. The Balaban J connectivity index is 3.34. The number of nitro benzene ring substituents is 1. The number of nitro groups is 1. The molecule has 0 spiro atoms. The van der Waals surface area contributed by atoms with Crippen LogP contribution in [0.4, 0.5) is 5.69 Å². The van der Waals surface area contributed by atoms with Crippen molar-refractivity contribution in [3.05, 3.63) is 33.4 Å². The molecule has 0 saturated carbocycles. The largest absolute Gasteiger partial charge is 0.496 e. The van der Waals surface area contributed by atoms with Gasteiger partial charge in [-0.3, -0.25) is 14.9 Å². The Labute approximate surface area is 105 Å². The van der Waals surface area contributed by atoms with Gasteiger partial charge in [0.15, 0.2) is 0 Å². The maximum atomic E-state index is 10.8. The van der Waals surface area contributed by atoms with Gasteiger partial charge in [0, 0.05) is 16.5 Å². The lowest BCUT2D eigenvalue weighted by atomic mass is 10.1. The van der Waals surface area contributed by atoms with Gasteiger partial charge < -0.3 is 9.84 Å². The minimum absolute atomic E-state index is 0.165. The van der Waals surface area contributed by atoms with Crippen molar-refractivity contribution in [3.63, 3.8) is 0 Å². The lowest BCUT2D eigenvalue weighted by Crippen LogP contribution is -2.05. The van der Waals surface area contributed by atoms with Gasteiger partial charge in [-0.1, -0.05) is 15.9 Å². The van der Waals surface area contributed by atoms with Crippen molar-refractivity contribution in [1.82, 2.24) is 0 Å². The molecule has 0 bridgehead atoms. The molecule has 0 unspecified atom stereocenters. The zero-order chi connectivity index (χ0) is 13.0. The third kappa shape index (κ3) is 3.16. The Bertz CT molecular complexity index is 460. The van der Waals surface area contributed by atoms with Crippen molar-refractivity contribution < 1.29 is 19.6 Å². The molecule has 6 nitrogen and oxygen atoms in total. The molecule has 1 aromatic rings. The summed E-state index contributed by atoms with van der Waals surface area (Å²) in [5, 5.41) is 19.9. The first-order chi connectivity index (χ1) is 7.99. The zero-order valence-corrected chi connectivity index (χ0v) is 10.6. The van der Waals surface area contributed by atoms with Crippen LogP contribution in [0.25, 0.3) is 0 Å². The van der Waals surface area contributed by atoms with Crippen LogP contribution in [0.15, 0.2) is 12.1 Å². The minimum atomic E-state index is -1.11. The fourth-order valence-electron chi connectivity index (χ4n) is 1.43. The minimum Gasteiger partial charge on any atom is -0.496 e. The molecule has 7 heteroatoms. The Morgan fingerprint density at radius 2 is 2.18 bits per heavy atom. The summed E-state index contributed by atoms with van der Waals surface area (Å²) < 4.78 is 5.01. The number of hydrogen-bond donors (Lipinski definition) is 1. The van der Waals surface area contributed by atoms with Crippen molar-refractivity contribution in [2.24, 2.45) is 0 Å². The Kier molecular flexibility index (Phi) is 4.45. The standard InChI is InChI=1S/C10H10BrNO5/c1-17-9-4-8(12(15)16)6(3-10(13)14)2-7(9)5-11/h2,4H,3,5H2,1H3,(H,13,14). The average Bonchev–Trinajstić information content (AvgIpc) is 2.27. The van der Waals surface area contributed by atoms with E-state index < -0.39 is 10.9 Å². The van der Waals surface area contributed by atoms with Gasteiger partial charge in [0.1, 0.15) is 5.75 Å². The molecule has 0 amide bonds. The number of halogens is 1. The van der Waals surface area contributed by atoms with Crippen LogP contribution in [-0.4, -0.2) is 23.1 Å². The predicted octanol–water partition coefficient (Wildman–Crippen LogP) is 2.13. The highest BCUT2D eigenvalue weighted by Crippen LogP contribution is 2.30. The number of hydrogen-bond acceptors (Lipinski definition) is 4. The number of nitrogens with zero attached hydrogens (tertiary/aromatic N) is 1. The highest BCUT2D eigenvalue weighted by molar-refractivity contribution is 9.08. The molecule has 0 heterocycles. The molecule has 0 fully saturated rings. The van der Waals surface area contributed by atoms with Crippen molar-refractivity contribution in [3.8, 4) is 5.75 Å². The summed E-state index contributed by atoms with van der Waals surface area (Å²) in [5.41, 5.74) is 0.598. The SMILES string of the molecule is COc1cc([N+](=O)[O-])c(CC(=O)O)cc1CBr. The molecule has 0 aliphatic rings. The quantitative estimate of drug-likeness (QED) is 0.511. The average molecular weight is 304 g/mol. The van der Waals surface area contributed by atoms with Crippen LogP contribution >= 0.6 is 15.9 Å². The number of benzene rings is 1. The van der Waals surface area contributed by atoms with E-state index >= 15 is 0 Å². The van der Waals surface area contributed by atoms with Crippen LogP contribution < -0.4 is 4.74 Å². The van der Waals surface area contributed by atoms with Gasteiger partial charge in [0.2, 0.25) is 0 Å². The van der Waals surface area contributed by atoms with Crippen molar-refractivity contribution in [2.75, 3.05) is 7.11 Å². The topological polar surface area (TPSA) is 89.7 Å². The number of ether oxygens (including phenoxy) is 1. The number of carboxylic acids is 1. The second-order valence-electron chi connectivity index (χ2n) is 3.25. The van der Waals surface area contributed by atoms with E-state index in [4.69, 9.17) is 9.84 Å². The van der Waals surface area contributed by atoms with Gasteiger partial charge in [0.05, 0.1) is 24.5 Å². The lowest BCUT2D eigenvalue weighted by molar-refractivity contribution is -0.385. The fourth-order valence-corrected chi connectivity index (χ4v) is 1.87. The highest BCUT2D eigenvalue weighted by Gasteiger charge is 2.20. The van der Waals surface area contributed by atoms with Crippen molar-refractivity contribution in [2.45, 2.75) is 11.8 Å². The molecule has 1 N–H and O–H groups in total. The molecular formula is C10H10BrNO5. The molecule has 0 atom stereocenters. The predicted molar refractivity (Wildman–Crippen MR) is 63.6 cm³/mol. The Morgan fingerprint density at radius 1 is 1.53 bits per heavy atom. The molecule has 1 rings (SSSR count). The Morgan fingerprint density at radius 3 is 2.59 bits per heavy atom. The van der Waals surface area contributed by atoms with E-state index in [2.05, 4.69) is 15.9 Å². The number of methoxy groups -OCH3 is 1. The van der Waals surface area contributed by atoms with Crippen LogP contribution in [0, 0.1) is 10.1 Å².